The molecule has 0 aromatic heterocycles. The lowest BCUT2D eigenvalue weighted by Gasteiger charge is -2.08. The van der Waals surface area contributed by atoms with Crippen molar-refractivity contribution in [2.75, 3.05) is 6.61 Å². The minimum atomic E-state index is -0.638. The van der Waals surface area contributed by atoms with Crippen LogP contribution in [0.1, 0.15) is 23.7 Å². The summed E-state index contributed by atoms with van der Waals surface area (Å²) >= 11 is 23.2. The highest BCUT2D eigenvalue weighted by atomic mass is 35.5. The molecule has 0 amide bonds. The van der Waals surface area contributed by atoms with Crippen LogP contribution in [0, 0.1) is 0 Å². The van der Waals surface area contributed by atoms with E-state index in [0.29, 0.717) is 0 Å². The van der Waals surface area contributed by atoms with Crippen LogP contribution in [0.15, 0.2) is 6.07 Å². The molecule has 3 nitrogen and oxygen atoms in total. The summed E-state index contributed by atoms with van der Waals surface area (Å²) in [4.78, 5) is 23.0. The third-order valence-electron chi connectivity index (χ3n) is 2.01. The molecule has 18 heavy (non-hydrogen) atoms. The number of halogens is 4. The average molecular weight is 330 g/mol. The molecule has 0 aliphatic carbocycles. The van der Waals surface area contributed by atoms with Gasteiger partial charge in [-0.15, -0.1) is 0 Å². The molecule has 0 aliphatic heterocycles. The fourth-order valence-corrected chi connectivity index (χ4v) is 2.12. The number of ether oxygens (including phenoxy) is 1. The number of ketones is 1. The Morgan fingerprint density at radius 3 is 2.28 bits per heavy atom. The summed E-state index contributed by atoms with van der Waals surface area (Å²) in [6.45, 7) is 1.84. The minimum Gasteiger partial charge on any atom is -0.466 e. The highest BCUT2D eigenvalue weighted by molar-refractivity contribution is 6.52. The van der Waals surface area contributed by atoms with Crippen LogP contribution in [-0.2, 0) is 9.53 Å². The quantitative estimate of drug-likeness (QED) is 0.270. The zero-order valence-corrected chi connectivity index (χ0v) is 12.3. The smallest absolute Gasteiger partial charge is 0.313 e. The normalized spacial score (nSPS) is 10.3. The first-order valence-corrected chi connectivity index (χ1v) is 6.41. The lowest BCUT2D eigenvalue weighted by Crippen LogP contribution is -2.12. The van der Waals surface area contributed by atoms with Crippen LogP contribution < -0.4 is 0 Å². The van der Waals surface area contributed by atoms with Gasteiger partial charge < -0.3 is 4.74 Å². The van der Waals surface area contributed by atoms with E-state index in [4.69, 9.17) is 46.4 Å². The summed E-state index contributed by atoms with van der Waals surface area (Å²) in [6.07, 6.45) is -0.429. The predicted octanol–water partition coefficient (Wildman–Crippen LogP) is 4.44. The van der Waals surface area contributed by atoms with Crippen molar-refractivity contribution in [3.8, 4) is 0 Å². The minimum absolute atomic E-state index is 0.0157. The van der Waals surface area contributed by atoms with Gasteiger partial charge in [-0.3, -0.25) is 9.59 Å². The molecule has 0 bridgehead atoms. The van der Waals surface area contributed by atoms with Crippen molar-refractivity contribution in [3.63, 3.8) is 0 Å². The monoisotopic (exact) mass is 328 g/mol. The number of rotatable bonds is 4. The molecule has 0 aliphatic rings. The Morgan fingerprint density at radius 2 is 1.72 bits per heavy atom. The van der Waals surface area contributed by atoms with Gasteiger partial charge in [-0.2, -0.15) is 0 Å². The van der Waals surface area contributed by atoms with Gasteiger partial charge in [0.15, 0.2) is 5.78 Å². The van der Waals surface area contributed by atoms with Gasteiger partial charge in [0.2, 0.25) is 0 Å². The highest BCUT2D eigenvalue weighted by Crippen LogP contribution is 2.38. The summed E-state index contributed by atoms with van der Waals surface area (Å²) in [7, 11) is 0. The molecule has 7 heteroatoms. The van der Waals surface area contributed by atoms with Crippen molar-refractivity contribution in [3.05, 3.63) is 31.7 Å². The third-order valence-corrected chi connectivity index (χ3v) is 3.76. The first kappa shape index (κ1) is 15.6. The lowest BCUT2D eigenvalue weighted by molar-refractivity contribution is -0.141. The van der Waals surface area contributed by atoms with E-state index in [9.17, 15) is 9.59 Å². The van der Waals surface area contributed by atoms with E-state index in [1.165, 1.54) is 6.07 Å². The molecule has 1 aromatic carbocycles. The Labute approximate surface area is 124 Å². The second-order valence-electron chi connectivity index (χ2n) is 3.25. The Hall–Kier alpha value is -0.480. The van der Waals surface area contributed by atoms with Crippen molar-refractivity contribution < 1.29 is 14.3 Å². The standard InChI is InChI=1S/C11H8Cl4O3/c1-2-18-8(17)4-7(16)5-3-6(12)10(14)11(15)9(5)13/h3H,2,4H2,1H3. The summed E-state index contributed by atoms with van der Waals surface area (Å²) in [5.74, 6) is -1.17. The summed E-state index contributed by atoms with van der Waals surface area (Å²) in [5.41, 5.74) is 0.0455. The van der Waals surface area contributed by atoms with Gasteiger partial charge in [-0.05, 0) is 13.0 Å². The summed E-state index contributed by atoms with van der Waals surface area (Å²) < 4.78 is 4.66. The lowest BCUT2D eigenvalue weighted by atomic mass is 10.1. The molecule has 1 rings (SSSR count). The molecule has 0 saturated carbocycles. The summed E-state index contributed by atoms with van der Waals surface area (Å²) in [5, 5.41) is 0.118. The van der Waals surface area contributed by atoms with Crippen molar-refractivity contribution in [2.45, 2.75) is 13.3 Å². The maximum Gasteiger partial charge on any atom is 0.313 e. The van der Waals surface area contributed by atoms with Gasteiger partial charge in [0.05, 0.1) is 26.7 Å². The van der Waals surface area contributed by atoms with Crippen LogP contribution in [0.3, 0.4) is 0 Å². The van der Waals surface area contributed by atoms with E-state index in [-0.39, 0.29) is 32.3 Å². The Kier molecular flexibility index (Phi) is 5.73. The zero-order valence-electron chi connectivity index (χ0n) is 9.23. The van der Waals surface area contributed by atoms with Crippen molar-refractivity contribution in [2.24, 2.45) is 0 Å². The molecule has 0 radical (unpaired) electrons. The largest absolute Gasteiger partial charge is 0.466 e. The van der Waals surface area contributed by atoms with E-state index in [1.54, 1.807) is 6.92 Å². The second kappa shape index (κ2) is 6.62. The van der Waals surface area contributed by atoms with E-state index in [0.717, 1.165) is 0 Å². The topological polar surface area (TPSA) is 43.4 Å². The van der Waals surface area contributed by atoms with Crippen LogP contribution in [0.5, 0.6) is 0 Å². The van der Waals surface area contributed by atoms with Crippen LogP contribution >= 0.6 is 46.4 Å². The fourth-order valence-electron chi connectivity index (χ4n) is 1.21. The molecule has 0 spiro atoms. The second-order valence-corrected chi connectivity index (χ2v) is 4.79. The van der Waals surface area contributed by atoms with Gasteiger partial charge in [-0.25, -0.2) is 0 Å². The van der Waals surface area contributed by atoms with Crippen LogP contribution in [0.25, 0.3) is 0 Å². The van der Waals surface area contributed by atoms with E-state index in [1.807, 2.05) is 0 Å². The number of carbonyl (C=O) groups is 2. The molecule has 98 valence electrons. The van der Waals surface area contributed by atoms with E-state index in [2.05, 4.69) is 4.74 Å². The number of Topliss-reactive ketones (excluding diaryl/α,β-unsaturated/α-hetero) is 1. The van der Waals surface area contributed by atoms with Crippen LogP contribution in [0.4, 0.5) is 0 Å². The average Bonchev–Trinajstić information content (AvgIpc) is 2.31. The molecular weight excluding hydrogens is 322 g/mol. The Bertz CT molecular complexity index is 500. The van der Waals surface area contributed by atoms with Crippen LogP contribution in [-0.4, -0.2) is 18.4 Å². The number of esters is 1. The van der Waals surface area contributed by atoms with Gasteiger partial charge >= 0.3 is 5.97 Å². The number of carbonyl (C=O) groups excluding carboxylic acids is 2. The molecule has 0 atom stereocenters. The molecule has 0 unspecified atom stereocenters. The summed E-state index contributed by atoms with van der Waals surface area (Å²) in [6, 6.07) is 1.28. The third kappa shape index (κ3) is 3.51. The van der Waals surface area contributed by atoms with Gasteiger partial charge in [0.25, 0.3) is 0 Å². The van der Waals surface area contributed by atoms with E-state index < -0.39 is 18.2 Å². The van der Waals surface area contributed by atoms with Crippen molar-refractivity contribution in [1.29, 1.82) is 0 Å². The molecule has 1 aromatic rings. The van der Waals surface area contributed by atoms with Crippen LogP contribution in [0.2, 0.25) is 20.1 Å². The van der Waals surface area contributed by atoms with Gasteiger partial charge in [0, 0.05) is 5.56 Å². The van der Waals surface area contributed by atoms with Gasteiger partial charge in [0.1, 0.15) is 6.42 Å². The van der Waals surface area contributed by atoms with Crippen molar-refractivity contribution >= 4 is 58.2 Å². The Morgan fingerprint density at radius 1 is 1.11 bits per heavy atom. The predicted molar refractivity (Wildman–Crippen MR) is 72.1 cm³/mol. The molecule has 0 heterocycles. The van der Waals surface area contributed by atoms with Crippen molar-refractivity contribution in [1.82, 2.24) is 0 Å². The zero-order chi connectivity index (χ0) is 13.9. The SMILES string of the molecule is CCOC(=O)CC(=O)c1cc(Cl)c(Cl)c(Cl)c1Cl. The number of benzene rings is 1. The number of hydrogen-bond acceptors (Lipinski definition) is 3. The molecular formula is C11H8Cl4O3. The Balaban J connectivity index is 3.04. The van der Waals surface area contributed by atoms with Gasteiger partial charge in [-0.1, -0.05) is 46.4 Å². The highest BCUT2D eigenvalue weighted by Gasteiger charge is 2.20. The number of hydrogen-bond donors (Lipinski definition) is 0. The maximum absolute atomic E-state index is 11.8. The first-order valence-electron chi connectivity index (χ1n) is 4.90. The molecule has 0 saturated heterocycles. The molecule has 0 fully saturated rings. The first-order chi connectivity index (χ1) is 8.38. The fraction of sp³-hybridized carbons (Fsp3) is 0.273. The maximum atomic E-state index is 11.8. The van der Waals surface area contributed by atoms with E-state index >= 15 is 0 Å². The molecule has 0 N–H and O–H groups in total.